The quantitative estimate of drug-likeness (QED) is 0.814. The fourth-order valence-electron chi connectivity index (χ4n) is 3.08. The smallest absolute Gasteiger partial charge is 0.416 e. The highest BCUT2D eigenvalue weighted by atomic mass is 19.4. The van der Waals surface area contributed by atoms with E-state index in [0.29, 0.717) is 18.8 Å². The van der Waals surface area contributed by atoms with E-state index in [0.717, 1.165) is 17.7 Å². The van der Waals surface area contributed by atoms with Crippen molar-refractivity contribution in [3.8, 4) is 5.75 Å². The van der Waals surface area contributed by atoms with Crippen LogP contribution in [0.3, 0.4) is 0 Å². The summed E-state index contributed by atoms with van der Waals surface area (Å²) < 4.78 is 49.9. The second-order valence-electron chi connectivity index (χ2n) is 6.94. The molecule has 1 saturated heterocycles. The Hall–Kier alpha value is -2.05. The van der Waals surface area contributed by atoms with Crippen LogP contribution in [-0.4, -0.2) is 18.4 Å². The molecule has 1 N–H and O–H groups in total. The molecule has 0 unspecified atom stereocenters. The van der Waals surface area contributed by atoms with Gasteiger partial charge in [0.25, 0.3) is 0 Å². The maximum absolute atomic E-state index is 12.7. The van der Waals surface area contributed by atoms with Gasteiger partial charge in [0.15, 0.2) is 0 Å². The zero-order valence-electron chi connectivity index (χ0n) is 14.7. The van der Waals surface area contributed by atoms with Crippen molar-refractivity contribution in [2.75, 3.05) is 6.61 Å². The SMILES string of the molecule is CC1(C)N[C@@H](C[C@H](Oc2ccc(C(F)(F)F)cc2)c2ccccc2)CO1. The molecule has 1 aliphatic heterocycles. The second kappa shape index (κ2) is 7.29. The van der Waals surface area contributed by atoms with Gasteiger partial charge >= 0.3 is 6.18 Å². The molecule has 0 radical (unpaired) electrons. The number of ether oxygens (including phenoxy) is 2. The molecule has 3 rings (SSSR count). The molecule has 2 aromatic carbocycles. The van der Waals surface area contributed by atoms with Crippen LogP contribution in [0, 0.1) is 0 Å². The average molecular weight is 365 g/mol. The van der Waals surface area contributed by atoms with E-state index >= 15 is 0 Å². The minimum Gasteiger partial charge on any atom is -0.486 e. The normalized spacial score (nSPS) is 20.7. The summed E-state index contributed by atoms with van der Waals surface area (Å²) >= 11 is 0. The number of nitrogens with one attached hydrogen (secondary N) is 1. The van der Waals surface area contributed by atoms with E-state index in [1.54, 1.807) is 0 Å². The average Bonchev–Trinajstić information content (AvgIpc) is 2.93. The molecular formula is C20H22F3NO2. The van der Waals surface area contributed by atoms with Gasteiger partial charge < -0.3 is 9.47 Å². The monoisotopic (exact) mass is 365 g/mol. The van der Waals surface area contributed by atoms with Crippen LogP contribution in [-0.2, 0) is 10.9 Å². The summed E-state index contributed by atoms with van der Waals surface area (Å²) in [6, 6.07) is 14.6. The van der Waals surface area contributed by atoms with Crippen LogP contribution < -0.4 is 10.1 Å². The number of benzene rings is 2. The molecule has 0 aromatic heterocycles. The third kappa shape index (κ3) is 4.77. The first-order valence-corrected chi connectivity index (χ1v) is 8.53. The number of rotatable bonds is 5. The second-order valence-corrected chi connectivity index (χ2v) is 6.94. The Balaban J connectivity index is 1.76. The Morgan fingerprint density at radius 1 is 1.12 bits per heavy atom. The summed E-state index contributed by atoms with van der Waals surface area (Å²) in [5.41, 5.74) is -0.104. The molecule has 1 aliphatic rings. The minimum absolute atomic E-state index is 0.102. The summed E-state index contributed by atoms with van der Waals surface area (Å²) in [4.78, 5) is 0. The lowest BCUT2D eigenvalue weighted by Crippen LogP contribution is -2.39. The van der Waals surface area contributed by atoms with E-state index in [9.17, 15) is 13.2 Å². The van der Waals surface area contributed by atoms with Crippen LogP contribution in [0.2, 0.25) is 0 Å². The molecule has 0 aliphatic carbocycles. The predicted octanol–water partition coefficient (Wildman–Crippen LogP) is 4.94. The number of halogens is 3. The molecule has 26 heavy (non-hydrogen) atoms. The molecule has 0 amide bonds. The fraction of sp³-hybridized carbons (Fsp3) is 0.400. The largest absolute Gasteiger partial charge is 0.486 e. The molecule has 0 saturated carbocycles. The maximum Gasteiger partial charge on any atom is 0.416 e. The summed E-state index contributed by atoms with van der Waals surface area (Å²) in [5.74, 6) is 0.407. The van der Waals surface area contributed by atoms with Crippen LogP contribution in [0.5, 0.6) is 5.75 Å². The van der Waals surface area contributed by atoms with Gasteiger partial charge in [-0.3, -0.25) is 5.32 Å². The molecule has 2 aromatic rings. The molecule has 1 heterocycles. The van der Waals surface area contributed by atoms with Gasteiger partial charge in [-0.05, 0) is 43.7 Å². The highest BCUT2D eigenvalue weighted by molar-refractivity contribution is 5.30. The van der Waals surface area contributed by atoms with Crippen LogP contribution >= 0.6 is 0 Å². The lowest BCUT2D eigenvalue weighted by molar-refractivity contribution is -0.137. The third-order valence-corrected chi connectivity index (χ3v) is 4.33. The highest BCUT2D eigenvalue weighted by Gasteiger charge is 2.33. The van der Waals surface area contributed by atoms with Crippen molar-refractivity contribution in [2.24, 2.45) is 0 Å². The van der Waals surface area contributed by atoms with Crippen molar-refractivity contribution in [3.63, 3.8) is 0 Å². The Kier molecular flexibility index (Phi) is 5.25. The molecule has 1 fully saturated rings. The van der Waals surface area contributed by atoms with Gasteiger partial charge in [0.2, 0.25) is 0 Å². The van der Waals surface area contributed by atoms with Crippen molar-refractivity contribution >= 4 is 0 Å². The van der Waals surface area contributed by atoms with Crippen LogP contribution in [0.1, 0.15) is 37.5 Å². The van der Waals surface area contributed by atoms with Crippen LogP contribution in [0.15, 0.2) is 54.6 Å². The first kappa shape index (κ1) is 18.7. The van der Waals surface area contributed by atoms with Crippen molar-refractivity contribution in [3.05, 3.63) is 65.7 Å². The summed E-state index contributed by atoms with van der Waals surface area (Å²) in [6.45, 7) is 4.48. The molecule has 0 spiro atoms. The van der Waals surface area contributed by atoms with Crippen molar-refractivity contribution in [1.82, 2.24) is 5.32 Å². The summed E-state index contributed by atoms with van der Waals surface area (Å²) in [5, 5.41) is 3.39. The van der Waals surface area contributed by atoms with Gasteiger partial charge in [-0.25, -0.2) is 0 Å². The first-order valence-electron chi connectivity index (χ1n) is 8.53. The van der Waals surface area contributed by atoms with E-state index in [4.69, 9.17) is 9.47 Å². The van der Waals surface area contributed by atoms with Crippen molar-refractivity contribution < 1.29 is 22.6 Å². The van der Waals surface area contributed by atoms with Crippen LogP contribution in [0.25, 0.3) is 0 Å². The molecule has 6 heteroatoms. The molecular weight excluding hydrogens is 343 g/mol. The van der Waals surface area contributed by atoms with E-state index in [-0.39, 0.29) is 17.9 Å². The lowest BCUT2D eigenvalue weighted by atomic mass is 10.0. The predicted molar refractivity (Wildman–Crippen MR) is 92.8 cm³/mol. The van der Waals surface area contributed by atoms with Gasteiger partial charge in [0.1, 0.15) is 17.6 Å². The number of hydrogen-bond donors (Lipinski definition) is 1. The molecule has 0 bridgehead atoms. The van der Waals surface area contributed by atoms with Gasteiger partial charge in [-0.15, -0.1) is 0 Å². The van der Waals surface area contributed by atoms with Gasteiger partial charge in [0.05, 0.1) is 12.2 Å². The fourth-order valence-corrected chi connectivity index (χ4v) is 3.08. The molecule has 2 atom stereocenters. The Labute approximate surface area is 151 Å². The van der Waals surface area contributed by atoms with E-state index in [1.807, 2.05) is 44.2 Å². The Morgan fingerprint density at radius 3 is 2.31 bits per heavy atom. The molecule has 140 valence electrons. The topological polar surface area (TPSA) is 30.5 Å². The zero-order chi connectivity index (χ0) is 18.8. The van der Waals surface area contributed by atoms with Crippen LogP contribution in [0.4, 0.5) is 13.2 Å². The van der Waals surface area contributed by atoms with Gasteiger partial charge in [-0.1, -0.05) is 30.3 Å². The first-order chi connectivity index (χ1) is 12.2. The summed E-state index contributed by atoms with van der Waals surface area (Å²) in [6.07, 6.45) is -3.99. The summed E-state index contributed by atoms with van der Waals surface area (Å²) in [7, 11) is 0. The third-order valence-electron chi connectivity index (χ3n) is 4.33. The Bertz CT molecular complexity index is 714. The lowest BCUT2D eigenvalue weighted by Gasteiger charge is -2.24. The molecule has 3 nitrogen and oxygen atoms in total. The van der Waals surface area contributed by atoms with Crippen molar-refractivity contribution in [2.45, 2.75) is 44.3 Å². The van der Waals surface area contributed by atoms with Gasteiger partial charge in [0, 0.05) is 12.5 Å². The van der Waals surface area contributed by atoms with E-state index in [2.05, 4.69) is 5.32 Å². The van der Waals surface area contributed by atoms with Crippen molar-refractivity contribution in [1.29, 1.82) is 0 Å². The highest BCUT2D eigenvalue weighted by Crippen LogP contribution is 2.33. The van der Waals surface area contributed by atoms with E-state index < -0.39 is 11.7 Å². The Morgan fingerprint density at radius 2 is 1.77 bits per heavy atom. The zero-order valence-corrected chi connectivity index (χ0v) is 14.7. The van der Waals surface area contributed by atoms with E-state index in [1.165, 1.54) is 12.1 Å². The number of alkyl halides is 3. The minimum atomic E-state index is -4.35. The van der Waals surface area contributed by atoms with Gasteiger partial charge in [-0.2, -0.15) is 13.2 Å². The standard InChI is InChI=1S/C20H22F3NO2/c1-19(2)24-16(13-25-19)12-18(14-6-4-3-5-7-14)26-17-10-8-15(9-11-17)20(21,22)23/h3-11,16,18,24H,12-13H2,1-2H3/t16-,18-/m0/s1. The maximum atomic E-state index is 12.7. The number of hydrogen-bond acceptors (Lipinski definition) is 3.